The number of carbonyl (C=O) groups is 1. The van der Waals surface area contributed by atoms with Crippen molar-refractivity contribution in [1.82, 2.24) is 4.98 Å². The zero-order valence-corrected chi connectivity index (χ0v) is 9.26. The summed E-state index contributed by atoms with van der Waals surface area (Å²) in [6, 6.07) is -0.924. The molecule has 16 heavy (non-hydrogen) atoms. The number of anilines is 1. The highest BCUT2D eigenvalue weighted by Gasteiger charge is 2.34. The number of halogens is 3. The second-order valence-corrected chi connectivity index (χ2v) is 4.14. The lowest BCUT2D eigenvalue weighted by atomic mass is 10.3. The summed E-state index contributed by atoms with van der Waals surface area (Å²) in [5, 5.41) is 8.72. The van der Waals surface area contributed by atoms with Crippen molar-refractivity contribution in [3.63, 3.8) is 0 Å². The molecule has 1 rings (SSSR count). The summed E-state index contributed by atoms with van der Waals surface area (Å²) in [4.78, 5) is 14.5. The number of thiazole rings is 1. The second kappa shape index (κ2) is 4.28. The molecule has 0 aromatic carbocycles. The Morgan fingerprint density at radius 2 is 2.19 bits per heavy atom. The Bertz CT molecular complexity index is 391. The van der Waals surface area contributed by atoms with Gasteiger partial charge in [-0.1, -0.05) is 11.3 Å². The molecule has 0 aliphatic heterocycles. The SMILES string of the molecule is CC(C(=O)O)N(C)c1ncc(C(F)(F)F)s1. The number of likely N-dealkylation sites (N-methyl/N-ethyl adjacent to an activating group) is 1. The van der Waals surface area contributed by atoms with E-state index in [1.54, 1.807) is 0 Å². The molecule has 0 amide bonds. The standard InChI is InChI=1S/C8H9F3N2O2S/c1-4(6(14)15)13(2)7-12-3-5(16-7)8(9,10)11/h3-4H,1-2H3,(H,14,15). The van der Waals surface area contributed by atoms with Gasteiger partial charge in [-0.25, -0.2) is 9.78 Å². The topological polar surface area (TPSA) is 53.4 Å². The third-order valence-corrected chi connectivity index (χ3v) is 3.15. The van der Waals surface area contributed by atoms with Gasteiger partial charge >= 0.3 is 12.1 Å². The Morgan fingerprint density at radius 3 is 2.56 bits per heavy atom. The van der Waals surface area contributed by atoms with Gasteiger partial charge in [-0.2, -0.15) is 13.2 Å². The van der Waals surface area contributed by atoms with E-state index in [-0.39, 0.29) is 5.13 Å². The van der Waals surface area contributed by atoms with Gasteiger partial charge in [0.1, 0.15) is 10.9 Å². The Balaban J connectivity index is 2.90. The minimum atomic E-state index is -4.44. The molecule has 4 nitrogen and oxygen atoms in total. The van der Waals surface area contributed by atoms with Crippen LogP contribution in [0.4, 0.5) is 18.3 Å². The molecule has 1 N–H and O–H groups in total. The quantitative estimate of drug-likeness (QED) is 0.897. The van der Waals surface area contributed by atoms with Gasteiger partial charge in [0.15, 0.2) is 5.13 Å². The van der Waals surface area contributed by atoms with Gasteiger partial charge in [-0.3, -0.25) is 0 Å². The van der Waals surface area contributed by atoms with Crippen LogP contribution in [0, 0.1) is 0 Å². The van der Waals surface area contributed by atoms with Gasteiger partial charge in [0.2, 0.25) is 0 Å². The molecule has 1 heterocycles. The molecular weight excluding hydrogens is 245 g/mol. The van der Waals surface area contributed by atoms with Crippen LogP contribution in [-0.4, -0.2) is 29.1 Å². The third kappa shape index (κ3) is 2.63. The third-order valence-electron chi connectivity index (χ3n) is 2.01. The fourth-order valence-corrected chi connectivity index (χ4v) is 1.72. The number of alkyl halides is 3. The lowest BCUT2D eigenvalue weighted by molar-refractivity contribution is -0.138. The Kier molecular flexibility index (Phi) is 3.41. The number of aliphatic carboxylic acids is 1. The molecule has 0 fully saturated rings. The first kappa shape index (κ1) is 12.8. The summed E-state index contributed by atoms with van der Waals surface area (Å²) in [6.45, 7) is 1.37. The zero-order chi connectivity index (χ0) is 12.5. The van der Waals surface area contributed by atoms with Gasteiger partial charge < -0.3 is 10.0 Å². The number of carboxylic acid groups (broad SMARTS) is 1. The molecule has 0 aliphatic rings. The largest absolute Gasteiger partial charge is 0.480 e. The fraction of sp³-hybridized carbons (Fsp3) is 0.500. The highest BCUT2D eigenvalue weighted by Crippen LogP contribution is 2.36. The number of hydrogen-bond acceptors (Lipinski definition) is 4. The van der Waals surface area contributed by atoms with Crippen molar-refractivity contribution < 1.29 is 23.1 Å². The predicted molar refractivity (Wildman–Crippen MR) is 52.6 cm³/mol. The lowest BCUT2D eigenvalue weighted by Crippen LogP contribution is -2.35. The van der Waals surface area contributed by atoms with Crippen LogP contribution in [0.3, 0.4) is 0 Å². The highest BCUT2D eigenvalue weighted by atomic mass is 32.1. The maximum Gasteiger partial charge on any atom is 0.427 e. The van der Waals surface area contributed by atoms with E-state index in [0.29, 0.717) is 17.5 Å². The predicted octanol–water partition coefficient (Wildman–Crippen LogP) is 2.07. The molecule has 1 aromatic rings. The van der Waals surface area contributed by atoms with Crippen molar-refractivity contribution in [3.05, 3.63) is 11.1 Å². The first-order valence-corrected chi connectivity index (χ1v) is 5.03. The number of aromatic nitrogens is 1. The van der Waals surface area contributed by atoms with Gasteiger partial charge in [-0.15, -0.1) is 0 Å². The number of rotatable bonds is 3. The van der Waals surface area contributed by atoms with Crippen molar-refractivity contribution in [2.45, 2.75) is 19.1 Å². The molecule has 0 bridgehead atoms. The first-order chi connectivity index (χ1) is 7.23. The molecule has 1 aromatic heterocycles. The molecule has 0 radical (unpaired) electrons. The van der Waals surface area contributed by atoms with Gasteiger partial charge in [-0.05, 0) is 6.92 Å². The average molecular weight is 254 g/mol. The van der Waals surface area contributed by atoms with Crippen LogP contribution in [-0.2, 0) is 11.0 Å². The average Bonchev–Trinajstić information content (AvgIpc) is 2.63. The van der Waals surface area contributed by atoms with Crippen molar-refractivity contribution in [1.29, 1.82) is 0 Å². The molecule has 0 saturated carbocycles. The maximum atomic E-state index is 12.3. The molecule has 0 saturated heterocycles. The van der Waals surface area contributed by atoms with E-state index in [0.717, 1.165) is 0 Å². The lowest BCUT2D eigenvalue weighted by Gasteiger charge is -2.19. The molecule has 0 spiro atoms. The van der Waals surface area contributed by atoms with Crippen molar-refractivity contribution >= 4 is 22.4 Å². The summed E-state index contributed by atoms with van der Waals surface area (Å²) in [6.07, 6.45) is -3.74. The molecule has 1 atom stereocenters. The Morgan fingerprint density at radius 1 is 1.62 bits per heavy atom. The van der Waals surface area contributed by atoms with E-state index in [1.807, 2.05) is 0 Å². The van der Waals surface area contributed by atoms with Gasteiger partial charge in [0, 0.05) is 7.05 Å². The van der Waals surface area contributed by atoms with Crippen LogP contribution in [0.25, 0.3) is 0 Å². The van der Waals surface area contributed by atoms with E-state index in [2.05, 4.69) is 4.98 Å². The van der Waals surface area contributed by atoms with Crippen LogP contribution >= 0.6 is 11.3 Å². The van der Waals surface area contributed by atoms with Crippen LogP contribution in [0.2, 0.25) is 0 Å². The maximum absolute atomic E-state index is 12.3. The summed E-state index contributed by atoms with van der Waals surface area (Å²) in [5.74, 6) is -1.12. The highest BCUT2D eigenvalue weighted by molar-refractivity contribution is 7.15. The number of carboxylic acids is 1. The van der Waals surface area contributed by atoms with E-state index in [4.69, 9.17) is 5.11 Å². The molecule has 90 valence electrons. The van der Waals surface area contributed by atoms with Crippen LogP contribution in [0.1, 0.15) is 11.8 Å². The number of hydrogen-bond donors (Lipinski definition) is 1. The minimum absolute atomic E-state index is 0.0298. The summed E-state index contributed by atoms with van der Waals surface area (Å²) in [7, 11) is 1.39. The Labute approximate surface area is 93.3 Å². The summed E-state index contributed by atoms with van der Waals surface area (Å²) < 4.78 is 36.8. The molecule has 1 unspecified atom stereocenters. The number of nitrogens with zero attached hydrogens (tertiary/aromatic N) is 2. The molecule has 8 heteroatoms. The van der Waals surface area contributed by atoms with Crippen molar-refractivity contribution in [2.75, 3.05) is 11.9 Å². The minimum Gasteiger partial charge on any atom is -0.480 e. The monoisotopic (exact) mass is 254 g/mol. The van der Waals surface area contributed by atoms with Crippen LogP contribution in [0.15, 0.2) is 6.20 Å². The van der Waals surface area contributed by atoms with E-state index < -0.39 is 23.1 Å². The van der Waals surface area contributed by atoms with Crippen LogP contribution < -0.4 is 4.90 Å². The Hall–Kier alpha value is -1.31. The van der Waals surface area contributed by atoms with E-state index in [1.165, 1.54) is 18.9 Å². The van der Waals surface area contributed by atoms with Crippen molar-refractivity contribution in [2.24, 2.45) is 0 Å². The van der Waals surface area contributed by atoms with E-state index in [9.17, 15) is 18.0 Å². The van der Waals surface area contributed by atoms with E-state index >= 15 is 0 Å². The fourth-order valence-electron chi connectivity index (χ4n) is 0.890. The van der Waals surface area contributed by atoms with Crippen LogP contribution in [0.5, 0.6) is 0 Å². The first-order valence-electron chi connectivity index (χ1n) is 4.22. The molecule has 0 aliphatic carbocycles. The summed E-state index contributed by atoms with van der Waals surface area (Å²) in [5.41, 5.74) is 0. The van der Waals surface area contributed by atoms with Crippen molar-refractivity contribution in [3.8, 4) is 0 Å². The molecular formula is C8H9F3N2O2S. The zero-order valence-electron chi connectivity index (χ0n) is 8.45. The smallest absolute Gasteiger partial charge is 0.427 e. The van der Waals surface area contributed by atoms with Gasteiger partial charge in [0.05, 0.1) is 6.20 Å². The summed E-state index contributed by atoms with van der Waals surface area (Å²) >= 11 is 0.420. The second-order valence-electron chi connectivity index (χ2n) is 3.13. The van der Waals surface area contributed by atoms with Gasteiger partial charge in [0.25, 0.3) is 0 Å². The normalized spacial score (nSPS) is 13.6.